The molecule has 1 aliphatic heterocycles. The summed E-state index contributed by atoms with van der Waals surface area (Å²) in [5, 5.41) is 0.591. The number of benzene rings is 1. The predicted octanol–water partition coefficient (Wildman–Crippen LogP) is 3.10. The molecule has 1 heterocycles. The summed E-state index contributed by atoms with van der Waals surface area (Å²) in [6.45, 7) is 0. The molecule has 0 saturated carbocycles. The Balaban J connectivity index is 2.30. The lowest BCUT2D eigenvalue weighted by Crippen LogP contribution is -2.06. The summed E-state index contributed by atoms with van der Waals surface area (Å²) in [5.74, 6) is -0.596. The van der Waals surface area contributed by atoms with Gasteiger partial charge in [-0.1, -0.05) is 11.6 Å². The van der Waals surface area contributed by atoms with Crippen LogP contribution in [-0.2, 0) is 19.1 Å². The topological polar surface area (TPSA) is 52.6 Å². The third kappa shape index (κ3) is 2.98. The van der Waals surface area contributed by atoms with E-state index in [0.717, 1.165) is 0 Å². The minimum Gasteiger partial charge on any atom is -0.465 e. The van der Waals surface area contributed by atoms with E-state index in [4.69, 9.17) is 16.3 Å². The molecular weight excluding hydrogens is 382 g/mol. The molecule has 98 valence electrons. The molecule has 6 heteroatoms. The molecule has 0 saturated heterocycles. The van der Waals surface area contributed by atoms with Crippen molar-refractivity contribution in [3.05, 3.63) is 50.3 Å². The van der Waals surface area contributed by atoms with Gasteiger partial charge in [-0.25, -0.2) is 4.79 Å². The summed E-state index contributed by atoms with van der Waals surface area (Å²) < 4.78 is 10.1. The molecule has 0 fully saturated rings. The van der Waals surface area contributed by atoms with Crippen molar-refractivity contribution in [3.8, 4) is 0 Å². The van der Waals surface area contributed by atoms with Crippen LogP contribution in [0.15, 0.2) is 39.7 Å². The second-order valence-corrected chi connectivity index (χ2v) is 5.13. The molecule has 0 spiro atoms. The van der Waals surface area contributed by atoms with Gasteiger partial charge in [0, 0.05) is 16.7 Å². The van der Waals surface area contributed by atoms with E-state index in [9.17, 15) is 9.59 Å². The molecule has 0 radical (unpaired) electrons. The highest BCUT2D eigenvalue weighted by Gasteiger charge is 2.27. The van der Waals surface area contributed by atoms with E-state index in [1.54, 1.807) is 46.9 Å². The van der Waals surface area contributed by atoms with E-state index in [0.29, 0.717) is 16.3 Å². The Morgan fingerprint density at radius 3 is 2.53 bits per heavy atom. The maximum atomic E-state index is 11.8. The van der Waals surface area contributed by atoms with Crippen LogP contribution in [0.4, 0.5) is 0 Å². The highest BCUT2D eigenvalue weighted by molar-refractivity contribution is 14.1. The van der Waals surface area contributed by atoms with Gasteiger partial charge < -0.3 is 9.47 Å². The number of ether oxygens (including phenoxy) is 2. The second kappa shape index (κ2) is 5.75. The number of halogens is 2. The number of hydrogen-bond donors (Lipinski definition) is 0. The van der Waals surface area contributed by atoms with Crippen LogP contribution < -0.4 is 0 Å². The van der Waals surface area contributed by atoms with Crippen molar-refractivity contribution in [2.45, 2.75) is 0 Å². The normalized spacial score (nSPS) is 16.8. The van der Waals surface area contributed by atoms with E-state index >= 15 is 0 Å². The van der Waals surface area contributed by atoms with E-state index in [2.05, 4.69) is 4.74 Å². The molecule has 0 aromatic heterocycles. The number of carbonyl (C=O) groups excluding carboxylic acids is 2. The molecule has 0 aliphatic carbocycles. The summed E-state index contributed by atoms with van der Waals surface area (Å²) in [6.07, 6.45) is 1.33. The molecule has 0 bridgehead atoms. The van der Waals surface area contributed by atoms with E-state index < -0.39 is 5.97 Å². The third-order valence-electron chi connectivity index (χ3n) is 2.39. The smallest absolute Gasteiger partial charge is 0.348 e. The minimum absolute atomic E-state index is 0.0163. The fourth-order valence-electron chi connectivity index (χ4n) is 1.47. The van der Waals surface area contributed by atoms with Gasteiger partial charge >= 0.3 is 5.97 Å². The van der Waals surface area contributed by atoms with Gasteiger partial charge in [-0.15, -0.1) is 0 Å². The van der Waals surface area contributed by atoms with Crippen LogP contribution in [0.5, 0.6) is 0 Å². The first-order chi connectivity index (χ1) is 9.02. The summed E-state index contributed by atoms with van der Waals surface area (Å²) in [4.78, 5) is 23.2. The zero-order valence-corrected chi connectivity index (χ0v) is 12.7. The Morgan fingerprint density at radius 2 is 1.95 bits per heavy atom. The Kier molecular flexibility index (Phi) is 4.26. The predicted molar refractivity (Wildman–Crippen MR) is 78.6 cm³/mol. The number of allylic oxidation sites excluding steroid dienone is 1. The monoisotopic (exact) mass is 390 g/mol. The first-order valence-electron chi connectivity index (χ1n) is 5.21. The molecule has 1 aromatic carbocycles. The highest BCUT2D eigenvalue weighted by atomic mass is 127. The summed E-state index contributed by atoms with van der Waals surface area (Å²) >= 11 is 7.51. The highest BCUT2D eigenvalue weighted by Crippen LogP contribution is 2.31. The molecule has 4 nitrogen and oxygen atoms in total. The van der Waals surface area contributed by atoms with Crippen molar-refractivity contribution in [2.75, 3.05) is 7.11 Å². The first-order valence-corrected chi connectivity index (χ1v) is 6.66. The third-order valence-corrected chi connectivity index (χ3v) is 3.57. The molecule has 1 aromatic rings. The lowest BCUT2D eigenvalue weighted by molar-refractivity contribution is -0.135. The molecule has 1 aliphatic rings. The fourth-order valence-corrected chi connectivity index (χ4v) is 2.19. The molecule has 0 amide bonds. The number of esters is 1. The van der Waals surface area contributed by atoms with E-state index in [-0.39, 0.29) is 15.1 Å². The molecule has 2 rings (SSSR count). The Bertz CT molecular complexity index is 602. The van der Waals surface area contributed by atoms with Crippen LogP contribution >= 0.6 is 34.2 Å². The molecule has 19 heavy (non-hydrogen) atoms. The van der Waals surface area contributed by atoms with Gasteiger partial charge in [0.15, 0.2) is 5.76 Å². The van der Waals surface area contributed by atoms with Crippen molar-refractivity contribution in [2.24, 2.45) is 0 Å². The fraction of sp³-hybridized carbons (Fsp3) is 0.0769. The van der Waals surface area contributed by atoms with Crippen LogP contribution in [0.25, 0.3) is 5.76 Å². The molecule has 0 N–H and O–H groups in total. The Morgan fingerprint density at radius 1 is 1.32 bits per heavy atom. The second-order valence-electron chi connectivity index (χ2n) is 3.62. The van der Waals surface area contributed by atoms with Crippen molar-refractivity contribution >= 4 is 51.7 Å². The van der Waals surface area contributed by atoms with Gasteiger partial charge in [0.1, 0.15) is 9.34 Å². The van der Waals surface area contributed by atoms with Gasteiger partial charge in [0.05, 0.1) is 7.11 Å². The lowest BCUT2D eigenvalue weighted by atomic mass is 10.2. The number of ketones is 1. The van der Waals surface area contributed by atoms with E-state index in [1.165, 1.54) is 13.2 Å². The van der Waals surface area contributed by atoms with Gasteiger partial charge in [0.25, 0.3) is 0 Å². The van der Waals surface area contributed by atoms with Gasteiger partial charge in [-0.05, 0) is 46.9 Å². The largest absolute Gasteiger partial charge is 0.465 e. The number of methoxy groups -OCH3 is 1. The Labute approximate surface area is 128 Å². The Hall–Kier alpha value is -1.34. The number of rotatable bonds is 2. The van der Waals surface area contributed by atoms with Gasteiger partial charge in [-0.2, -0.15) is 0 Å². The van der Waals surface area contributed by atoms with Crippen molar-refractivity contribution in [1.82, 2.24) is 0 Å². The molecule has 0 atom stereocenters. The lowest BCUT2D eigenvalue weighted by Gasteiger charge is -2.06. The SMILES string of the molecule is COC(=O)/C(I)=C1/OC(c2ccc(Cl)cc2)=CC1=O. The zero-order valence-electron chi connectivity index (χ0n) is 9.78. The van der Waals surface area contributed by atoms with Crippen LogP contribution in [0.3, 0.4) is 0 Å². The van der Waals surface area contributed by atoms with E-state index in [1.807, 2.05) is 0 Å². The van der Waals surface area contributed by atoms with Crippen LogP contribution in [0.2, 0.25) is 5.02 Å². The summed E-state index contributed by atoms with van der Waals surface area (Å²) in [5.41, 5.74) is 0.710. The zero-order chi connectivity index (χ0) is 14.0. The molecule has 0 unspecified atom stereocenters. The van der Waals surface area contributed by atoms with Gasteiger partial charge in [0.2, 0.25) is 5.78 Å². The molecular formula is C13H8ClIO4. The van der Waals surface area contributed by atoms with Gasteiger partial charge in [-0.3, -0.25) is 4.79 Å². The average Bonchev–Trinajstić information content (AvgIpc) is 2.80. The number of carbonyl (C=O) groups is 2. The van der Waals surface area contributed by atoms with Crippen molar-refractivity contribution in [1.29, 1.82) is 0 Å². The average molecular weight is 391 g/mol. The maximum absolute atomic E-state index is 11.8. The number of hydrogen-bond acceptors (Lipinski definition) is 4. The summed E-state index contributed by atoms with van der Waals surface area (Å²) in [6, 6.07) is 6.85. The standard InChI is InChI=1S/C13H8ClIO4/c1-18-13(17)11(15)12-9(16)6-10(19-12)7-2-4-8(14)5-3-7/h2-6H,1H3/b12-11-. The first kappa shape index (κ1) is 14.1. The van der Waals surface area contributed by atoms with Crippen molar-refractivity contribution in [3.63, 3.8) is 0 Å². The van der Waals surface area contributed by atoms with Crippen LogP contribution in [0.1, 0.15) is 5.56 Å². The maximum Gasteiger partial charge on any atom is 0.348 e. The van der Waals surface area contributed by atoms with Crippen LogP contribution in [0, 0.1) is 0 Å². The quantitative estimate of drug-likeness (QED) is 0.442. The van der Waals surface area contributed by atoms with Crippen molar-refractivity contribution < 1.29 is 19.1 Å². The van der Waals surface area contributed by atoms with Crippen LogP contribution in [-0.4, -0.2) is 18.9 Å². The summed E-state index contributed by atoms with van der Waals surface area (Å²) in [7, 11) is 1.24. The minimum atomic E-state index is -0.602.